The van der Waals surface area contributed by atoms with Crippen molar-refractivity contribution in [2.75, 3.05) is 11.2 Å². The van der Waals surface area contributed by atoms with Crippen LogP contribution in [0.4, 0.5) is 10.1 Å². The van der Waals surface area contributed by atoms with E-state index in [1.54, 1.807) is 0 Å². The van der Waals surface area contributed by atoms with Gasteiger partial charge in [-0.3, -0.25) is 9.59 Å². The summed E-state index contributed by atoms with van der Waals surface area (Å²) >= 11 is 10.8. The summed E-state index contributed by atoms with van der Waals surface area (Å²) in [6, 6.07) is 3.82. The molecule has 0 aliphatic rings. The van der Waals surface area contributed by atoms with E-state index in [2.05, 4.69) is 5.32 Å². The number of ketones is 1. The Morgan fingerprint density at radius 3 is 2.62 bits per heavy atom. The van der Waals surface area contributed by atoms with E-state index in [1.807, 2.05) is 0 Å². The topological polar surface area (TPSA) is 46.2 Å². The number of anilines is 1. The molecular weight excluding hydrogens is 256 g/mol. The van der Waals surface area contributed by atoms with Crippen LogP contribution in [0.5, 0.6) is 0 Å². The number of hydrogen-bond acceptors (Lipinski definition) is 2. The summed E-state index contributed by atoms with van der Waals surface area (Å²) in [5.41, 5.74) is -0.0169. The molecule has 0 radical (unpaired) electrons. The van der Waals surface area contributed by atoms with E-state index in [0.29, 0.717) is 0 Å². The molecule has 1 N–H and O–H groups in total. The smallest absolute Gasteiger partial charge is 0.231 e. The van der Waals surface area contributed by atoms with Crippen LogP contribution in [0.15, 0.2) is 18.2 Å². The monoisotopic (exact) mass is 263 g/mol. The Morgan fingerprint density at radius 2 is 2.06 bits per heavy atom. The third kappa shape index (κ3) is 3.79. The van der Waals surface area contributed by atoms with Gasteiger partial charge in [0.1, 0.15) is 5.82 Å². The summed E-state index contributed by atoms with van der Waals surface area (Å²) in [6.07, 6.45) is -0.369. The van der Waals surface area contributed by atoms with Gasteiger partial charge in [0.05, 0.1) is 18.0 Å². The highest BCUT2D eigenvalue weighted by molar-refractivity contribution is 6.30. The molecule has 1 rings (SSSR count). The second-order valence-electron chi connectivity index (χ2n) is 3.02. The van der Waals surface area contributed by atoms with Crippen molar-refractivity contribution < 1.29 is 14.0 Å². The Hall–Kier alpha value is -1.13. The van der Waals surface area contributed by atoms with Gasteiger partial charge in [-0.05, 0) is 18.2 Å². The molecule has 86 valence electrons. The van der Waals surface area contributed by atoms with Crippen LogP contribution in [0.3, 0.4) is 0 Å². The molecule has 0 saturated heterocycles. The fraction of sp³-hybridized carbons (Fsp3) is 0.200. The quantitative estimate of drug-likeness (QED) is 0.671. The molecule has 1 aromatic rings. The molecule has 0 saturated carbocycles. The number of nitrogens with one attached hydrogen (secondary N) is 1. The minimum Gasteiger partial charge on any atom is -0.323 e. The number of benzene rings is 1. The Balaban J connectivity index is 2.66. The largest absolute Gasteiger partial charge is 0.323 e. The predicted molar refractivity (Wildman–Crippen MR) is 60.4 cm³/mol. The first-order valence-electron chi connectivity index (χ1n) is 4.35. The van der Waals surface area contributed by atoms with Crippen molar-refractivity contribution >= 4 is 40.6 Å². The van der Waals surface area contributed by atoms with Gasteiger partial charge in [-0.2, -0.15) is 0 Å². The van der Waals surface area contributed by atoms with E-state index in [9.17, 15) is 14.0 Å². The molecule has 0 bridgehead atoms. The van der Waals surface area contributed by atoms with Crippen LogP contribution in [0, 0.1) is 5.82 Å². The second-order valence-corrected chi connectivity index (χ2v) is 3.73. The van der Waals surface area contributed by atoms with Crippen molar-refractivity contribution in [2.24, 2.45) is 0 Å². The number of Topliss-reactive ketones (excluding diaryl/α,β-unsaturated/α-hetero) is 1. The predicted octanol–water partition coefficient (Wildman–Crippen LogP) is 2.62. The Labute approximate surface area is 102 Å². The Morgan fingerprint density at radius 1 is 1.38 bits per heavy atom. The maximum atomic E-state index is 13.2. The standard InChI is InChI=1S/C10H8Cl2FNO2/c11-5-7(15)4-10(16)14-9-2-1-6(12)3-8(9)13/h1-3H,4-5H2,(H,14,16). The zero-order chi connectivity index (χ0) is 12.1. The molecule has 6 heteroatoms. The first-order chi connectivity index (χ1) is 7.52. The minimum absolute atomic E-state index is 0.0169. The van der Waals surface area contributed by atoms with Crippen molar-refractivity contribution in [2.45, 2.75) is 6.42 Å². The normalized spacial score (nSPS) is 9.94. The number of alkyl halides is 1. The second kappa shape index (κ2) is 5.82. The lowest BCUT2D eigenvalue weighted by Gasteiger charge is -2.05. The summed E-state index contributed by atoms with van der Waals surface area (Å²) in [5, 5.41) is 2.48. The first kappa shape index (κ1) is 12.9. The average molecular weight is 264 g/mol. The molecule has 0 atom stereocenters. The van der Waals surface area contributed by atoms with Gasteiger partial charge < -0.3 is 5.32 Å². The maximum Gasteiger partial charge on any atom is 0.231 e. The summed E-state index contributed by atoms with van der Waals surface area (Å²) in [6.45, 7) is 0. The molecule has 3 nitrogen and oxygen atoms in total. The SMILES string of the molecule is O=C(CCl)CC(=O)Nc1ccc(Cl)cc1F. The average Bonchev–Trinajstić information content (AvgIpc) is 2.22. The van der Waals surface area contributed by atoms with Gasteiger partial charge in [-0.15, -0.1) is 11.6 Å². The summed E-state index contributed by atoms with van der Waals surface area (Å²) in [5.74, 6) is -1.92. The summed E-state index contributed by atoms with van der Waals surface area (Å²) in [4.78, 5) is 22.1. The number of amides is 1. The van der Waals surface area contributed by atoms with Gasteiger partial charge in [-0.25, -0.2) is 4.39 Å². The fourth-order valence-electron chi connectivity index (χ4n) is 1.01. The highest BCUT2D eigenvalue weighted by atomic mass is 35.5. The van der Waals surface area contributed by atoms with E-state index in [0.717, 1.165) is 6.07 Å². The number of halogens is 3. The molecule has 0 aliphatic heterocycles. The highest BCUT2D eigenvalue weighted by Gasteiger charge is 2.11. The van der Waals surface area contributed by atoms with Crippen LogP contribution in [-0.2, 0) is 9.59 Å². The van der Waals surface area contributed by atoms with E-state index < -0.39 is 17.5 Å². The van der Waals surface area contributed by atoms with E-state index in [4.69, 9.17) is 23.2 Å². The van der Waals surface area contributed by atoms with Gasteiger partial charge in [0.2, 0.25) is 5.91 Å². The van der Waals surface area contributed by atoms with Crippen LogP contribution in [0.25, 0.3) is 0 Å². The van der Waals surface area contributed by atoms with E-state index in [1.165, 1.54) is 12.1 Å². The number of carbonyl (C=O) groups is 2. The minimum atomic E-state index is -0.654. The third-order valence-electron chi connectivity index (χ3n) is 1.71. The molecule has 0 spiro atoms. The lowest BCUT2D eigenvalue weighted by atomic mass is 10.2. The molecule has 16 heavy (non-hydrogen) atoms. The van der Waals surface area contributed by atoms with Crippen molar-refractivity contribution in [3.8, 4) is 0 Å². The molecule has 0 aliphatic carbocycles. The lowest BCUT2D eigenvalue weighted by Crippen LogP contribution is -2.17. The van der Waals surface area contributed by atoms with Gasteiger partial charge in [0.25, 0.3) is 0 Å². The van der Waals surface area contributed by atoms with Crippen molar-refractivity contribution in [1.82, 2.24) is 0 Å². The number of rotatable bonds is 4. The van der Waals surface area contributed by atoms with Crippen molar-refractivity contribution in [1.29, 1.82) is 0 Å². The Kier molecular flexibility index (Phi) is 4.71. The van der Waals surface area contributed by atoms with Gasteiger partial charge in [0, 0.05) is 5.02 Å². The molecule has 0 aromatic heterocycles. The molecule has 0 fully saturated rings. The Bertz CT molecular complexity index is 423. The van der Waals surface area contributed by atoms with Crippen molar-refractivity contribution in [3.05, 3.63) is 29.0 Å². The first-order valence-corrected chi connectivity index (χ1v) is 5.26. The molecule has 0 heterocycles. The molecule has 1 aromatic carbocycles. The van der Waals surface area contributed by atoms with Crippen LogP contribution < -0.4 is 5.32 Å². The summed E-state index contributed by atoms with van der Waals surface area (Å²) in [7, 11) is 0. The van der Waals surface area contributed by atoms with Crippen molar-refractivity contribution in [3.63, 3.8) is 0 Å². The van der Waals surface area contributed by atoms with Crippen LogP contribution in [0.2, 0.25) is 5.02 Å². The van der Waals surface area contributed by atoms with Gasteiger partial charge in [0.15, 0.2) is 5.78 Å². The molecular formula is C10H8Cl2FNO2. The van der Waals surface area contributed by atoms with Gasteiger partial charge in [-0.1, -0.05) is 11.6 Å². The van der Waals surface area contributed by atoms with E-state index in [-0.39, 0.29) is 23.0 Å². The number of hydrogen-bond donors (Lipinski definition) is 1. The summed E-state index contributed by atoms with van der Waals surface area (Å²) < 4.78 is 13.2. The zero-order valence-corrected chi connectivity index (χ0v) is 9.61. The van der Waals surface area contributed by atoms with Crippen LogP contribution >= 0.6 is 23.2 Å². The molecule has 1 amide bonds. The van der Waals surface area contributed by atoms with Crippen LogP contribution in [0.1, 0.15) is 6.42 Å². The highest BCUT2D eigenvalue weighted by Crippen LogP contribution is 2.18. The maximum absolute atomic E-state index is 13.2. The number of carbonyl (C=O) groups excluding carboxylic acids is 2. The fourth-order valence-corrected chi connectivity index (χ4v) is 1.26. The van der Waals surface area contributed by atoms with E-state index >= 15 is 0 Å². The molecule has 0 unspecified atom stereocenters. The third-order valence-corrected chi connectivity index (χ3v) is 2.25. The zero-order valence-electron chi connectivity index (χ0n) is 8.10. The lowest BCUT2D eigenvalue weighted by molar-refractivity contribution is -0.124. The van der Waals surface area contributed by atoms with Gasteiger partial charge >= 0.3 is 0 Å². The van der Waals surface area contributed by atoms with Crippen LogP contribution in [-0.4, -0.2) is 17.6 Å².